The van der Waals surface area contributed by atoms with Crippen LogP contribution in [0.5, 0.6) is 0 Å². The predicted octanol–water partition coefficient (Wildman–Crippen LogP) is 1.18. The molecule has 108 valence electrons. The largest absolute Gasteiger partial charge is 0.481 e. The first kappa shape index (κ1) is 16.2. The van der Waals surface area contributed by atoms with Gasteiger partial charge in [-0.15, -0.1) is 0 Å². The molecule has 1 aromatic rings. The Morgan fingerprint density at radius 3 is 2.85 bits per heavy atom. The highest BCUT2D eigenvalue weighted by Crippen LogP contribution is 2.13. The summed E-state index contributed by atoms with van der Waals surface area (Å²) in [5, 5.41) is 8.84. The van der Waals surface area contributed by atoms with Gasteiger partial charge in [-0.3, -0.25) is 4.79 Å². The maximum absolute atomic E-state index is 10.2. The zero-order valence-corrected chi connectivity index (χ0v) is 11.5. The van der Waals surface area contributed by atoms with Gasteiger partial charge in [-0.25, -0.2) is 4.98 Å². The van der Waals surface area contributed by atoms with Gasteiger partial charge in [0.05, 0.1) is 37.0 Å². The predicted molar refractivity (Wildman–Crippen MR) is 74.4 cm³/mol. The van der Waals surface area contributed by atoms with Gasteiger partial charge in [-0.05, 0) is 12.0 Å². The number of nitrogens with two attached hydrogens (primary N) is 1. The first-order valence-electron chi connectivity index (χ1n) is 5.87. The molecule has 6 nitrogen and oxygen atoms in total. The van der Waals surface area contributed by atoms with E-state index in [9.17, 15) is 4.79 Å². The third kappa shape index (κ3) is 6.95. The van der Waals surface area contributed by atoms with Crippen LogP contribution in [-0.4, -0.2) is 42.5 Å². The van der Waals surface area contributed by atoms with Gasteiger partial charge in [0.25, 0.3) is 0 Å². The van der Waals surface area contributed by atoms with E-state index in [4.69, 9.17) is 31.9 Å². The number of carboxylic acids is 1. The Labute approximate surface area is 121 Å². The SMILES string of the molecule is Nc1cc(Cl)cnc1C#CCOCCOCCC(=O)O. The second-order valence-electron chi connectivity index (χ2n) is 3.70. The first-order valence-corrected chi connectivity index (χ1v) is 6.24. The van der Waals surface area contributed by atoms with Crippen molar-refractivity contribution >= 4 is 23.3 Å². The molecular formula is C13H15ClN2O4. The molecule has 0 aromatic carbocycles. The van der Waals surface area contributed by atoms with Crippen molar-refractivity contribution in [1.82, 2.24) is 4.98 Å². The molecule has 3 N–H and O–H groups in total. The van der Waals surface area contributed by atoms with Gasteiger partial charge in [0.2, 0.25) is 0 Å². The summed E-state index contributed by atoms with van der Waals surface area (Å²) in [6, 6.07) is 1.58. The summed E-state index contributed by atoms with van der Waals surface area (Å²) in [5.41, 5.74) is 6.56. The van der Waals surface area contributed by atoms with Crippen LogP contribution in [0, 0.1) is 11.8 Å². The summed E-state index contributed by atoms with van der Waals surface area (Å²) in [4.78, 5) is 14.2. The molecule has 7 heteroatoms. The van der Waals surface area contributed by atoms with Crippen LogP contribution in [0.25, 0.3) is 0 Å². The Balaban J connectivity index is 2.15. The van der Waals surface area contributed by atoms with Gasteiger partial charge >= 0.3 is 5.97 Å². The van der Waals surface area contributed by atoms with E-state index in [-0.39, 0.29) is 19.6 Å². The van der Waals surface area contributed by atoms with Gasteiger partial charge in [0, 0.05) is 6.20 Å². The standard InChI is InChI=1S/C13H15ClN2O4/c14-10-8-11(15)12(16-9-10)2-1-4-19-6-7-20-5-3-13(17)18/h8-9H,3-7,15H2,(H,17,18). The van der Waals surface area contributed by atoms with E-state index in [0.717, 1.165) is 0 Å². The zero-order chi connectivity index (χ0) is 14.8. The Hall–Kier alpha value is -1.81. The molecule has 0 amide bonds. The quantitative estimate of drug-likeness (QED) is 0.580. The maximum Gasteiger partial charge on any atom is 0.305 e. The lowest BCUT2D eigenvalue weighted by Crippen LogP contribution is -2.08. The van der Waals surface area contributed by atoms with Crippen molar-refractivity contribution in [2.45, 2.75) is 6.42 Å². The van der Waals surface area contributed by atoms with Crippen molar-refractivity contribution in [3.05, 3.63) is 23.0 Å². The summed E-state index contributed by atoms with van der Waals surface area (Å²) in [5.74, 6) is 4.65. The smallest absolute Gasteiger partial charge is 0.305 e. The molecule has 0 fully saturated rings. The van der Waals surface area contributed by atoms with Gasteiger partial charge < -0.3 is 20.3 Å². The highest BCUT2D eigenvalue weighted by Gasteiger charge is 1.97. The van der Waals surface area contributed by atoms with Crippen molar-refractivity contribution in [3.8, 4) is 11.8 Å². The average molecular weight is 299 g/mol. The normalized spacial score (nSPS) is 9.85. The van der Waals surface area contributed by atoms with Crippen molar-refractivity contribution in [3.63, 3.8) is 0 Å². The number of carboxylic acid groups (broad SMARTS) is 1. The molecule has 0 aliphatic heterocycles. The fourth-order valence-electron chi connectivity index (χ4n) is 1.18. The Kier molecular flexibility index (Phi) is 7.43. The van der Waals surface area contributed by atoms with Gasteiger partial charge in [0.15, 0.2) is 0 Å². The van der Waals surface area contributed by atoms with E-state index < -0.39 is 5.97 Å². The van der Waals surface area contributed by atoms with E-state index >= 15 is 0 Å². The number of nitrogens with zero attached hydrogens (tertiary/aromatic N) is 1. The minimum absolute atomic E-state index is 0.0126. The Morgan fingerprint density at radius 1 is 1.40 bits per heavy atom. The van der Waals surface area contributed by atoms with E-state index in [1.165, 1.54) is 6.20 Å². The third-order valence-corrected chi connectivity index (χ3v) is 2.30. The Bertz CT molecular complexity index is 511. The second kappa shape index (κ2) is 9.15. The maximum atomic E-state index is 10.2. The van der Waals surface area contributed by atoms with Gasteiger partial charge in [-0.1, -0.05) is 17.5 Å². The van der Waals surface area contributed by atoms with Crippen LogP contribution in [0.1, 0.15) is 12.1 Å². The highest BCUT2D eigenvalue weighted by molar-refractivity contribution is 6.30. The molecule has 0 aliphatic carbocycles. The van der Waals surface area contributed by atoms with Crippen LogP contribution in [-0.2, 0) is 14.3 Å². The minimum Gasteiger partial charge on any atom is -0.481 e. The van der Waals surface area contributed by atoms with Crippen molar-refractivity contribution in [1.29, 1.82) is 0 Å². The molecule has 0 bridgehead atoms. The average Bonchev–Trinajstić information content (AvgIpc) is 2.38. The van der Waals surface area contributed by atoms with Crippen LogP contribution in [0.2, 0.25) is 5.02 Å². The second-order valence-corrected chi connectivity index (χ2v) is 4.14. The van der Waals surface area contributed by atoms with E-state index in [2.05, 4.69) is 16.8 Å². The Morgan fingerprint density at radius 2 is 2.15 bits per heavy atom. The topological polar surface area (TPSA) is 94.7 Å². The van der Waals surface area contributed by atoms with Gasteiger partial charge in [0.1, 0.15) is 12.3 Å². The van der Waals surface area contributed by atoms with Crippen LogP contribution in [0.4, 0.5) is 5.69 Å². The highest BCUT2D eigenvalue weighted by atomic mass is 35.5. The molecule has 20 heavy (non-hydrogen) atoms. The lowest BCUT2D eigenvalue weighted by Gasteiger charge is -2.01. The summed E-state index contributed by atoms with van der Waals surface area (Å²) < 4.78 is 10.2. The first-order chi connectivity index (χ1) is 9.59. The lowest BCUT2D eigenvalue weighted by atomic mass is 10.3. The third-order valence-electron chi connectivity index (χ3n) is 2.10. The van der Waals surface area contributed by atoms with Crippen LogP contribution < -0.4 is 5.73 Å². The molecule has 1 rings (SSSR count). The molecule has 0 atom stereocenters. The number of hydrogen-bond donors (Lipinski definition) is 2. The number of anilines is 1. The number of aromatic nitrogens is 1. The number of carbonyl (C=O) groups is 1. The molecule has 0 spiro atoms. The number of ether oxygens (including phenoxy) is 2. The molecule has 0 aliphatic rings. The number of pyridine rings is 1. The summed E-state index contributed by atoms with van der Waals surface area (Å²) >= 11 is 5.71. The lowest BCUT2D eigenvalue weighted by molar-refractivity contribution is -0.138. The fraction of sp³-hybridized carbons (Fsp3) is 0.385. The monoisotopic (exact) mass is 298 g/mol. The fourth-order valence-corrected chi connectivity index (χ4v) is 1.35. The molecule has 1 heterocycles. The van der Waals surface area contributed by atoms with Crippen LogP contribution >= 0.6 is 11.6 Å². The zero-order valence-electron chi connectivity index (χ0n) is 10.8. The number of halogens is 1. The van der Waals surface area contributed by atoms with Crippen LogP contribution in [0.15, 0.2) is 12.3 Å². The van der Waals surface area contributed by atoms with E-state index in [1.807, 2.05) is 0 Å². The molecule has 0 saturated heterocycles. The molecule has 1 aromatic heterocycles. The van der Waals surface area contributed by atoms with Gasteiger partial charge in [-0.2, -0.15) is 0 Å². The minimum atomic E-state index is -0.884. The summed E-state index contributed by atoms with van der Waals surface area (Å²) in [6.45, 7) is 1.07. The summed E-state index contributed by atoms with van der Waals surface area (Å²) in [7, 11) is 0. The van der Waals surface area contributed by atoms with Crippen molar-refractivity contribution in [2.75, 3.05) is 32.2 Å². The number of aliphatic carboxylic acids is 1. The van der Waals surface area contributed by atoms with Crippen LogP contribution in [0.3, 0.4) is 0 Å². The molecular weight excluding hydrogens is 284 g/mol. The number of nitrogen functional groups attached to an aromatic ring is 1. The number of hydrogen-bond acceptors (Lipinski definition) is 5. The molecule has 0 saturated carbocycles. The van der Waals surface area contributed by atoms with E-state index in [1.54, 1.807) is 6.07 Å². The molecule has 0 radical (unpaired) electrons. The van der Waals surface area contributed by atoms with Crippen molar-refractivity contribution in [2.24, 2.45) is 0 Å². The summed E-state index contributed by atoms with van der Waals surface area (Å²) in [6.07, 6.45) is 1.46. The molecule has 0 unspecified atom stereocenters. The van der Waals surface area contributed by atoms with Crippen molar-refractivity contribution < 1.29 is 19.4 Å². The number of rotatable bonds is 7. The van der Waals surface area contributed by atoms with E-state index in [0.29, 0.717) is 29.6 Å².